The Morgan fingerprint density at radius 1 is 1.18 bits per heavy atom. The molecule has 0 bridgehead atoms. The molecule has 2 amide bonds. The second-order valence-corrected chi connectivity index (χ2v) is 5.52. The van der Waals surface area contributed by atoms with Crippen LogP contribution in [0.15, 0.2) is 24.5 Å². The number of aromatic nitrogens is 3. The van der Waals surface area contributed by atoms with E-state index in [4.69, 9.17) is 5.73 Å². The first-order valence-electron chi connectivity index (χ1n) is 7.29. The van der Waals surface area contributed by atoms with Crippen LogP contribution in [0, 0.1) is 0 Å². The summed E-state index contributed by atoms with van der Waals surface area (Å²) in [6.45, 7) is 1.63. The molecule has 0 saturated carbocycles. The van der Waals surface area contributed by atoms with E-state index < -0.39 is 0 Å². The number of nitrogens with zero attached hydrogens (tertiary/aromatic N) is 3. The van der Waals surface area contributed by atoms with Crippen LogP contribution in [0.4, 0.5) is 16.3 Å². The highest BCUT2D eigenvalue weighted by Gasteiger charge is 2.18. The molecule has 1 saturated heterocycles. The average Bonchev–Trinajstić information content (AvgIpc) is 3.14. The summed E-state index contributed by atoms with van der Waals surface area (Å²) >= 11 is 0. The van der Waals surface area contributed by atoms with Crippen LogP contribution in [0.25, 0.3) is 21.9 Å². The molecule has 1 fully saturated rings. The number of carbonyl (C=O) groups excluding carboxylic acids is 1. The molecule has 3 aromatic heterocycles. The van der Waals surface area contributed by atoms with Gasteiger partial charge < -0.3 is 20.9 Å². The van der Waals surface area contributed by atoms with Gasteiger partial charge in [-0.25, -0.2) is 14.8 Å². The van der Waals surface area contributed by atoms with E-state index in [0.29, 0.717) is 11.5 Å². The zero-order valence-corrected chi connectivity index (χ0v) is 12.0. The molecular weight excluding hydrogens is 280 g/mol. The number of nitrogens with one attached hydrogen (secondary N) is 2. The molecule has 0 radical (unpaired) electrons. The number of rotatable bonds is 1. The molecular formula is C15H16N6O. The van der Waals surface area contributed by atoms with Gasteiger partial charge in [-0.15, -0.1) is 0 Å². The number of amides is 2. The normalized spacial score (nSPS) is 14.8. The van der Waals surface area contributed by atoms with Gasteiger partial charge in [0, 0.05) is 23.9 Å². The number of likely N-dealkylation sites (tertiary alicyclic amines) is 1. The molecule has 1 aliphatic heterocycles. The largest absolute Gasteiger partial charge is 0.384 e. The van der Waals surface area contributed by atoms with Crippen molar-refractivity contribution in [3.63, 3.8) is 0 Å². The van der Waals surface area contributed by atoms with Crippen molar-refractivity contribution < 1.29 is 4.79 Å². The maximum Gasteiger partial charge on any atom is 0.321 e. The first-order valence-corrected chi connectivity index (χ1v) is 7.29. The Morgan fingerprint density at radius 3 is 2.82 bits per heavy atom. The summed E-state index contributed by atoms with van der Waals surface area (Å²) in [4.78, 5) is 25.6. The van der Waals surface area contributed by atoms with E-state index in [0.717, 1.165) is 47.9 Å². The van der Waals surface area contributed by atoms with E-state index in [1.54, 1.807) is 12.4 Å². The van der Waals surface area contributed by atoms with E-state index >= 15 is 0 Å². The Bertz CT molecular complexity index is 865. The topological polar surface area (TPSA) is 99.9 Å². The van der Waals surface area contributed by atoms with Crippen molar-refractivity contribution in [1.82, 2.24) is 19.9 Å². The minimum Gasteiger partial charge on any atom is -0.384 e. The third-order valence-electron chi connectivity index (χ3n) is 4.00. The summed E-state index contributed by atoms with van der Waals surface area (Å²) in [5.74, 6) is 0.458. The molecule has 0 unspecified atom stereocenters. The molecule has 0 aromatic carbocycles. The van der Waals surface area contributed by atoms with Crippen LogP contribution in [-0.4, -0.2) is 39.0 Å². The number of nitrogen functional groups attached to an aromatic ring is 1. The summed E-state index contributed by atoms with van der Waals surface area (Å²) in [7, 11) is 0. The van der Waals surface area contributed by atoms with E-state index in [1.165, 1.54) is 0 Å². The van der Waals surface area contributed by atoms with Gasteiger partial charge in [0.1, 0.15) is 11.5 Å². The molecule has 112 valence electrons. The van der Waals surface area contributed by atoms with Crippen LogP contribution in [0.2, 0.25) is 0 Å². The number of urea groups is 1. The van der Waals surface area contributed by atoms with Crippen LogP contribution >= 0.6 is 0 Å². The van der Waals surface area contributed by atoms with Crippen LogP contribution < -0.4 is 11.1 Å². The highest BCUT2D eigenvalue weighted by molar-refractivity contribution is 6.07. The number of fused-ring (bicyclic) bond motifs is 3. The van der Waals surface area contributed by atoms with E-state index in [9.17, 15) is 4.79 Å². The van der Waals surface area contributed by atoms with Gasteiger partial charge in [0.05, 0.1) is 23.6 Å². The second-order valence-electron chi connectivity index (χ2n) is 5.52. The number of carbonyl (C=O) groups is 1. The molecule has 0 aliphatic carbocycles. The lowest BCUT2D eigenvalue weighted by Gasteiger charge is -2.15. The van der Waals surface area contributed by atoms with Gasteiger partial charge in [-0.3, -0.25) is 0 Å². The summed E-state index contributed by atoms with van der Waals surface area (Å²) in [5.41, 5.74) is 8.06. The van der Waals surface area contributed by atoms with Crippen LogP contribution in [0.5, 0.6) is 0 Å². The van der Waals surface area contributed by atoms with Crippen molar-refractivity contribution in [2.45, 2.75) is 12.8 Å². The van der Waals surface area contributed by atoms with Crippen molar-refractivity contribution in [2.24, 2.45) is 0 Å². The molecule has 7 heteroatoms. The van der Waals surface area contributed by atoms with Crippen LogP contribution in [0.3, 0.4) is 0 Å². The van der Waals surface area contributed by atoms with Crippen LogP contribution in [-0.2, 0) is 0 Å². The third kappa shape index (κ3) is 2.11. The molecule has 1 aliphatic rings. The van der Waals surface area contributed by atoms with Crippen molar-refractivity contribution in [3.05, 3.63) is 24.5 Å². The molecule has 4 N–H and O–H groups in total. The standard InChI is InChI=1S/C15H16N6O/c16-13-6-10-11-5-9(19-15(22)21-3-1-2-4-21)7-18-14(11)20-12(10)8-17-13/h5-8H,1-4H2,(H2,16,17)(H,18,20)(H,19,22). The molecule has 7 nitrogen and oxygen atoms in total. The monoisotopic (exact) mass is 296 g/mol. The summed E-state index contributed by atoms with van der Waals surface area (Å²) in [6.07, 6.45) is 5.48. The summed E-state index contributed by atoms with van der Waals surface area (Å²) in [5, 5.41) is 4.78. The fourth-order valence-electron chi connectivity index (χ4n) is 2.88. The molecule has 0 atom stereocenters. The highest BCUT2D eigenvalue weighted by atomic mass is 16.2. The fraction of sp³-hybridized carbons (Fsp3) is 0.267. The van der Waals surface area contributed by atoms with Gasteiger partial charge in [-0.2, -0.15) is 0 Å². The van der Waals surface area contributed by atoms with Gasteiger partial charge in [-0.1, -0.05) is 0 Å². The maximum absolute atomic E-state index is 12.2. The minimum atomic E-state index is -0.0697. The van der Waals surface area contributed by atoms with Gasteiger partial charge >= 0.3 is 6.03 Å². The predicted molar refractivity (Wildman–Crippen MR) is 85.6 cm³/mol. The lowest BCUT2D eigenvalue weighted by atomic mass is 10.2. The number of pyridine rings is 2. The van der Waals surface area contributed by atoms with E-state index in [2.05, 4.69) is 20.3 Å². The molecule has 4 rings (SSSR count). The maximum atomic E-state index is 12.2. The zero-order valence-electron chi connectivity index (χ0n) is 12.0. The smallest absolute Gasteiger partial charge is 0.321 e. The predicted octanol–water partition coefficient (Wildman–Crippen LogP) is 2.32. The third-order valence-corrected chi connectivity index (χ3v) is 4.00. The number of hydrogen-bond acceptors (Lipinski definition) is 4. The highest BCUT2D eigenvalue weighted by Crippen LogP contribution is 2.27. The molecule has 22 heavy (non-hydrogen) atoms. The first-order chi connectivity index (χ1) is 10.7. The van der Waals surface area contributed by atoms with E-state index in [1.807, 2.05) is 17.0 Å². The number of nitrogens with two attached hydrogens (primary N) is 1. The Kier molecular flexibility index (Phi) is 2.85. The number of H-pyrrole nitrogens is 1. The zero-order chi connectivity index (χ0) is 15.1. The van der Waals surface area contributed by atoms with Gasteiger partial charge in [0.2, 0.25) is 0 Å². The number of hydrogen-bond donors (Lipinski definition) is 3. The minimum absolute atomic E-state index is 0.0697. The Balaban J connectivity index is 1.71. The second kappa shape index (κ2) is 4.87. The first kappa shape index (κ1) is 12.9. The van der Waals surface area contributed by atoms with Gasteiger partial charge in [0.25, 0.3) is 0 Å². The summed E-state index contributed by atoms with van der Waals surface area (Å²) < 4.78 is 0. The Hall–Kier alpha value is -2.83. The molecule has 0 spiro atoms. The van der Waals surface area contributed by atoms with Gasteiger partial charge in [0.15, 0.2) is 0 Å². The molecule has 4 heterocycles. The fourth-order valence-corrected chi connectivity index (χ4v) is 2.88. The molecule has 3 aromatic rings. The Labute approximate surface area is 126 Å². The van der Waals surface area contributed by atoms with Crippen molar-refractivity contribution in [1.29, 1.82) is 0 Å². The summed E-state index contributed by atoms with van der Waals surface area (Å²) in [6, 6.07) is 3.65. The quantitative estimate of drug-likeness (QED) is 0.641. The van der Waals surface area contributed by atoms with Crippen molar-refractivity contribution in [2.75, 3.05) is 24.1 Å². The van der Waals surface area contributed by atoms with Crippen molar-refractivity contribution >= 4 is 39.5 Å². The lowest BCUT2D eigenvalue weighted by molar-refractivity contribution is 0.222. The average molecular weight is 296 g/mol. The number of anilines is 2. The van der Waals surface area contributed by atoms with E-state index in [-0.39, 0.29) is 6.03 Å². The Morgan fingerprint density at radius 2 is 2.00 bits per heavy atom. The number of aromatic amines is 1. The van der Waals surface area contributed by atoms with Crippen molar-refractivity contribution in [3.8, 4) is 0 Å². The SMILES string of the molecule is Nc1cc2c(cn1)[nH]c1ncc(NC(=O)N3CCCC3)cc12. The van der Waals surface area contributed by atoms with Crippen LogP contribution in [0.1, 0.15) is 12.8 Å². The lowest BCUT2D eigenvalue weighted by Crippen LogP contribution is -2.32. The van der Waals surface area contributed by atoms with Gasteiger partial charge in [-0.05, 0) is 25.0 Å².